The zero-order valence-electron chi connectivity index (χ0n) is 7.70. The first-order valence-corrected chi connectivity index (χ1v) is 5.69. The van der Waals surface area contributed by atoms with Gasteiger partial charge in [0.2, 0.25) is 0 Å². The molecule has 0 radical (unpaired) electrons. The van der Waals surface area contributed by atoms with E-state index in [9.17, 15) is 4.79 Å². The second kappa shape index (κ2) is 4.99. The Balaban J connectivity index is 2.31. The van der Waals surface area contributed by atoms with Crippen molar-refractivity contribution in [2.45, 2.75) is 29.9 Å². The molecule has 13 heavy (non-hydrogen) atoms. The van der Waals surface area contributed by atoms with Crippen LogP contribution in [0.15, 0.2) is 0 Å². The lowest BCUT2D eigenvalue weighted by molar-refractivity contribution is 0.0928. The summed E-state index contributed by atoms with van der Waals surface area (Å²) < 4.78 is 4.99. The highest BCUT2D eigenvalue weighted by Crippen LogP contribution is 2.11. The van der Waals surface area contributed by atoms with Crippen molar-refractivity contribution in [1.29, 1.82) is 0 Å². The van der Waals surface area contributed by atoms with E-state index < -0.39 is 0 Å². The Morgan fingerprint density at radius 2 is 2.15 bits per heavy atom. The van der Waals surface area contributed by atoms with E-state index in [1.165, 1.54) is 0 Å². The molecule has 1 fully saturated rings. The third kappa shape index (κ3) is 3.68. The fraction of sp³-hybridized carbons (Fsp3) is 0.875. The van der Waals surface area contributed by atoms with Gasteiger partial charge in [0.05, 0.1) is 0 Å². The molecule has 1 heterocycles. The average Bonchev–Trinajstić information content (AvgIpc) is 2.04. The molecule has 0 aromatic rings. The minimum absolute atomic E-state index is 0.0688. The van der Waals surface area contributed by atoms with Crippen molar-refractivity contribution in [2.75, 3.05) is 13.1 Å². The summed E-state index contributed by atoms with van der Waals surface area (Å²) in [5.74, 6) is 0. The molecule has 0 aliphatic carbocycles. The van der Waals surface area contributed by atoms with Crippen molar-refractivity contribution in [1.82, 2.24) is 4.90 Å². The predicted octanol–water partition coefficient (Wildman–Crippen LogP) is 1.33. The zero-order chi connectivity index (χ0) is 9.84. The zero-order valence-corrected chi connectivity index (χ0v) is 9.86. The first-order chi connectivity index (χ1) is 6.09. The summed E-state index contributed by atoms with van der Waals surface area (Å²) in [6.45, 7) is 3.29. The molecule has 0 aromatic heterocycles. The molecule has 2 N–H and O–H groups in total. The number of hydrogen-bond acceptors (Lipinski definition) is 3. The topological polar surface area (TPSA) is 55.6 Å². The molecular formula is C8H15IN2O2. The molecule has 0 spiro atoms. The fourth-order valence-electron chi connectivity index (χ4n) is 1.30. The van der Waals surface area contributed by atoms with E-state index in [4.69, 9.17) is 10.5 Å². The second-order valence-corrected chi connectivity index (χ2v) is 5.01. The van der Waals surface area contributed by atoms with Crippen LogP contribution in [0.25, 0.3) is 0 Å². The summed E-state index contributed by atoms with van der Waals surface area (Å²) in [5.41, 5.74) is 5.72. The molecule has 1 amide bonds. The van der Waals surface area contributed by atoms with Crippen molar-refractivity contribution in [2.24, 2.45) is 5.73 Å². The molecule has 4 nitrogen and oxygen atoms in total. The van der Waals surface area contributed by atoms with Gasteiger partial charge < -0.3 is 15.4 Å². The van der Waals surface area contributed by atoms with Crippen LogP contribution in [0.3, 0.4) is 0 Å². The highest BCUT2D eigenvalue weighted by atomic mass is 127. The van der Waals surface area contributed by atoms with Gasteiger partial charge in [-0.25, -0.2) is 4.79 Å². The SMILES string of the molecule is CC(I)OC(=O)N1CCC(N)CC1. The molecule has 5 heteroatoms. The first-order valence-electron chi connectivity index (χ1n) is 4.45. The normalized spacial score (nSPS) is 21.3. The number of amides is 1. The molecule has 76 valence electrons. The molecule has 0 saturated carbocycles. The summed E-state index contributed by atoms with van der Waals surface area (Å²) in [7, 11) is 0. The highest BCUT2D eigenvalue weighted by Gasteiger charge is 2.22. The number of piperidine rings is 1. The third-order valence-electron chi connectivity index (χ3n) is 2.06. The van der Waals surface area contributed by atoms with Crippen LogP contribution in [-0.4, -0.2) is 34.2 Å². The minimum atomic E-state index is -0.214. The summed E-state index contributed by atoms with van der Waals surface area (Å²) in [5, 5.41) is 0. The minimum Gasteiger partial charge on any atom is -0.436 e. The predicted molar refractivity (Wildman–Crippen MR) is 58.7 cm³/mol. The third-order valence-corrected chi connectivity index (χ3v) is 2.32. The van der Waals surface area contributed by atoms with Crippen LogP contribution < -0.4 is 5.73 Å². The van der Waals surface area contributed by atoms with Crippen molar-refractivity contribution in [3.63, 3.8) is 0 Å². The van der Waals surface area contributed by atoms with Gasteiger partial charge in [-0.05, 0) is 42.4 Å². The Bertz CT molecular complexity index is 179. The fourth-order valence-corrected chi connectivity index (χ4v) is 1.51. The van der Waals surface area contributed by atoms with Crippen LogP contribution in [0.5, 0.6) is 0 Å². The first kappa shape index (κ1) is 11.0. The molecule has 0 aromatic carbocycles. The van der Waals surface area contributed by atoms with E-state index in [1.54, 1.807) is 4.90 Å². The van der Waals surface area contributed by atoms with Gasteiger partial charge in [0.25, 0.3) is 0 Å². The second-order valence-electron chi connectivity index (χ2n) is 3.25. The largest absolute Gasteiger partial charge is 0.436 e. The maximum Gasteiger partial charge on any atom is 0.410 e. The number of rotatable bonds is 1. The molecule has 1 saturated heterocycles. The molecule has 1 atom stereocenters. The number of likely N-dealkylation sites (tertiary alicyclic amines) is 1. The van der Waals surface area contributed by atoms with Crippen LogP contribution in [0.4, 0.5) is 4.79 Å². The number of nitrogens with two attached hydrogens (primary N) is 1. The highest BCUT2D eigenvalue weighted by molar-refractivity contribution is 14.1. The summed E-state index contributed by atoms with van der Waals surface area (Å²) in [4.78, 5) is 13.1. The lowest BCUT2D eigenvalue weighted by Crippen LogP contribution is -2.43. The van der Waals surface area contributed by atoms with Gasteiger partial charge in [-0.15, -0.1) is 0 Å². The van der Waals surface area contributed by atoms with E-state index in [1.807, 2.05) is 6.92 Å². The average molecular weight is 298 g/mol. The molecule has 1 aliphatic heterocycles. The van der Waals surface area contributed by atoms with Gasteiger partial charge in [-0.1, -0.05) is 0 Å². The molecular weight excluding hydrogens is 283 g/mol. The van der Waals surface area contributed by atoms with Gasteiger partial charge in [-0.2, -0.15) is 0 Å². The number of alkyl halides is 1. The summed E-state index contributed by atoms with van der Waals surface area (Å²) in [6.07, 6.45) is 1.55. The van der Waals surface area contributed by atoms with E-state index in [2.05, 4.69) is 22.6 Å². The monoisotopic (exact) mass is 298 g/mol. The van der Waals surface area contributed by atoms with Crippen LogP contribution in [0.2, 0.25) is 0 Å². The lowest BCUT2D eigenvalue weighted by atomic mass is 10.1. The van der Waals surface area contributed by atoms with E-state index >= 15 is 0 Å². The van der Waals surface area contributed by atoms with Gasteiger partial charge >= 0.3 is 6.09 Å². The van der Waals surface area contributed by atoms with Crippen LogP contribution >= 0.6 is 22.6 Å². The standard InChI is InChI=1S/C8H15IN2O2/c1-6(9)13-8(12)11-4-2-7(10)3-5-11/h6-7H,2-5,10H2,1H3. The van der Waals surface area contributed by atoms with Gasteiger partial charge in [0, 0.05) is 19.1 Å². The smallest absolute Gasteiger partial charge is 0.410 e. The number of hydrogen-bond donors (Lipinski definition) is 1. The van der Waals surface area contributed by atoms with Crippen LogP contribution in [-0.2, 0) is 4.74 Å². The van der Waals surface area contributed by atoms with Crippen molar-refractivity contribution >= 4 is 28.7 Å². The Morgan fingerprint density at radius 1 is 1.62 bits per heavy atom. The van der Waals surface area contributed by atoms with Gasteiger partial charge in [0.15, 0.2) is 4.11 Å². The van der Waals surface area contributed by atoms with Gasteiger partial charge in [0.1, 0.15) is 0 Å². The Kier molecular flexibility index (Phi) is 4.24. The Labute approximate surface area is 91.9 Å². The van der Waals surface area contributed by atoms with E-state index in [0.29, 0.717) is 0 Å². The van der Waals surface area contributed by atoms with Gasteiger partial charge in [-0.3, -0.25) is 0 Å². The van der Waals surface area contributed by atoms with Crippen LogP contribution in [0, 0.1) is 0 Å². The Hall–Kier alpha value is -0.0400. The quantitative estimate of drug-likeness (QED) is 0.587. The number of carbonyl (C=O) groups excluding carboxylic acids is 1. The van der Waals surface area contributed by atoms with Crippen molar-refractivity contribution in [3.05, 3.63) is 0 Å². The maximum absolute atomic E-state index is 11.4. The molecule has 1 unspecified atom stereocenters. The summed E-state index contributed by atoms with van der Waals surface area (Å²) >= 11 is 2.06. The van der Waals surface area contributed by atoms with Crippen LogP contribution in [0.1, 0.15) is 19.8 Å². The molecule has 0 bridgehead atoms. The van der Waals surface area contributed by atoms with Crippen molar-refractivity contribution in [3.8, 4) is 0 Å². The lowest BCUT2D eigenvalue weighted by Gasteiger charge is -2.29. The number of nitrogens with zero attached hydrogens (tertiary/aromatic N) is 1. The van der Waals surface area contributed by atoms with E-state index in [0.717, 1.165) is 25.9 Å². The van der Waals surface area contributed by atoms with Crippen molar-refractivity contribution < 1.29 is 9.53 Å². The number of ether oxygens (including phenoxy) is 1. The molecule has 1 aliphatic rings. The van der Waals surface area contributed by atoms with E-state index in [-0.39, 0.29) is 16.2 Å². The maximum atomic E-state index is 11.4. The number of carbonyl (C=O) groups is 1. The Morgan fingerprint density at radius 3 is 2.62 bits per heavy atom. The number of halogens is 1. The molecule has 1 rings (SSSR count). The summed E-state index contributed by atoms with van der Waals surface area (Å²) in [6, 6.07) is 0.251.